The number of H-pyrrole nitrogens is 2. The first-order valence-electron chi connectivity index (χ1n) is 15.9. The molecule has 0 atom stereocenters. The van der Waals surface area contributed by atoms with Crippen LogP contribution in [0.1, 0.15) is 35.6 Å². The van der Waals surface area contributed by atoms with Gasteiger partial charge in [0.05, 0.1) is 35.7 Å². The summed E-state index contributed by atoms with van der Waals surface area (Å²) < 4.78 is 11.4. The first-order chi connectivity index (χ1) is 23.6. The van der Waals surface area contributed by atoms with Crippen molar-refractivity contribution in [1.29, 1.82) is 0 Å². The molecule has 0 fully saturated rings. The van der Waals surface area contributed by atoms with Crippen LogP contribution in [0.5, 0.6) is 11.8 Å². The van der Waals surface area contributed by atoms with Crippen molar-refractivity contribution in [2.24, 2.45) is 0 Å². The number of unbranched alkanes of at least 4 members (excludes halogenated alkanes) is 1. The number of aromatic amines is 2. The van der Waals surface area contributed by atoms with Crippen LogP contribution in [0.4, 0.5) is 0 Å². The molecule has 4 aromatic heterocycles. The standard InChI is InChI=1S/C37H37Cl2N7O2/c1-47-36-24(7-3-4-12-32-41-19-20-42-32)13-15-30(45-36)28-10-5-8-26(34(28)38)27-9-6-11-29(35(27)39)31-16-14-25(37(46-31)48-2)23-40-18-17-33-43-21-22-44-33/h5-6,8-11,13-16,19-22,40H,3-4,7,12,17-18,23H2,1-2H3,(H,41,42)(H,43,44). The topological polar surface area (TPSA) is 114 Å². The molecule has 9 nitrogen and oxygen atoms in total. The number of nitrogens with zero attached hydrogens (tertiary/aromatic N) is 4. The monoisotopic (exact) mass is 681 g/mol. The summed E-state index contributed by atoms with van der Waals surface area (Å²) >= 11 is 14.2. The van der Waals surface area contributed by atoms with Gasteiger partial charge < -0.3 is 24.8 Å². The molecule has 0 saturated carbocycles. The first kappa shape index (κ1) is 33.2. The maximum atomic E-state index is 7.10. The SMILES string of the molecule is COc1nc(-c2cccc(-c3cccc(-c4ccc(CNCCc5ncc[nH]5)c(OC)n4)c3Cl)c2Cl)ccc1CCCCc1ncc[nH]1. The highest BCUT2D eigenvalue weighted by Gasteiger charge is 2.18. The van der Waals surface area contributed by atoms with Crippen LogP contribution in [0.2, 0.25) is 10.0 Å². The minimum Gasteiger partial charge on any atom is -0.481 e. The maximum absolute atomic E-state index is 7.10. The van der Waals surface area contributed by atoms with Crippen molar-refractivity contribution in [2.75, 3.05) is 20.8 Å². The molecule has 3 N–H and O–H groups in total. The number of methoxy groups -OCH3 is 2. The number of aromatic nitrogens is 6. The van der Waals surface area contributed by atoms with Crippen molar-refractivity contribution in [2.45, 2.75) is 38.6 Å². The molecule has 0 saturated heterocycles. The fourth-order valence-electron chi connectivity index (χ4n) is 5.70. The van der Waals surface area contributed by atoms with E-state index in [1.54, 1.807) is 26.6 Å². The third kappa shape index (κ3) is 7.71. The van der Waals surface area contributed by atoms with Gasteiger partial charge in [0.2, 0.25) is 11.8 Å². The largest absolute Gasteiger partial charge is 0.481 e. The predicted molar refractivity (Wildman–Crippen MR) is 191 cm³/mol. The second-order valence-corrected chi connectivity index (χ2v) is 12.0. The van der Waals surface area contributed by atoms with Gasteiger partial charge in [-0.25, -0.2) is 19.9 Å². The molecule has 0 amide bonds. The van der Waals surface area contributed by atoms with E-state index in [9.17, 15) is 0 Å². The normalized spacial score (nSPS) is 11.2. The molecule has 2 aromatic carbocycles. The molecule has 0 bridgehead atoms. The first-order valence-corrected chi connectivity index (χ1v) is 16.6. The third-order valence-corrected chi connectivity index (χ3v) is 8.99. The maximum Gasteiger partial charge on any atom is 0.218 e. The summed E-state index contributed by atoms with van der Waals surface area (Å²) in [6.45, 7) is 1.38. The molecular formula is C37H37Cl2N7O2. The molecular weight excluding hydrogens is 645 g/mol. The Morgan fingerprint density at radius 3 is 1.71 bits per heavy atom. The van der Waals surface area contributed by atoms with Gasteiger partial charge in [-0.3, -0.25) is 0 Å². The smallest absolute Gasteiger partial charge is 0.218 e. The second kappa shape index (κ2) is 15.9. The number of halogens is 2. The van der Waals surface area contributed by atoms with Gasteiger partial charge in [-0.2, -0.15) is 0 Å². The highest BCUT2D eigenvalue weighted by molar-refractivity contribution is 6.39. The molecule has 0 unspecified atom stereocenters. The van der Waals surface area contributed by atoms with Gasteiger partial charge in [0.1, 0.15) is 11.6 Å². The number of rotatable bonds is 15. The van der Waals surface area contributed by atoms with Gasteiger partial charge in [-0.05, 0) is 31.4 Å². The van der Waals surface area contributed by atoms with E-state index in [1.165, 1.54) is 0 Å². The Hall–Kier alpha value is -4.70. The number of nitrogens with one attached hydrogen (secondary N) is 3. The predicted octanol–water partition coefficient (Wildman–Crippen LogP) is 8.15. The van der Waals surface area contributed by atoms with Crippen LogP contribution >= 0.6 is 23.2 Å². The average molecular weight is 683 g/mol. The Morgan fingerprint density at radius 1 is 0.625 bits per heavy atom. The molecule has 0 spiro atoms. The van der Waals surface area contributed by atoms with Crippen LogP contribution < -0.4 is 14.8 Å². The Balaban J connectivity index is 1.19. The minimum absolute atomic E-state index is 0.542. The van der Waals surface area contributed by atoms with Crippen molar-refractivity contribution in [3.8, 4) is 45.4 Å². The van der Waals surface area contributed by atoms with Gasteiger partial charge in [-0.15, -0.1) is 0 Å². The van der Waals surface area contributed by atoms with E-state index in [4.69, 9.17) is 42.6 Å². The number of pyridine rings is 2. The lowest BCUT2D eigenvalue weighted by molar-refractivity contribution is 0.391. The summed E-state index contributed by atoms with van der Waals surface area (Å²) in [4.78, 5) is 24.5. The molecule has 246 valence electrons. The van der Waals surface area contributed by atoms with Crippen LogP contribution in [-0.2, 0) is 25.8 Å². The van der Waals surface area contributed by atoms with Crippen LogP contribution in [0.15, 0.2) is 85.5 Å². The lowest BCUT2D eigenvalue weighted by atomic mass is 9.98. The van der Waals surface area contributed by atoms with Crippen molar-refractivity contribution in [1.82, 2.24) is 35.2 Å². The van der Waals surface area contributed by atoms with Crippen LogP contribution in [0.3, 0.4) is 0 Å². The molecule has 0 aliphatic rings. The number of aryl methyl sites for hydroxylation is 2. The van der Waals surface area contributed by atoms with Gasteiger partial charge in [-0.1, -0.05) is 71.7 Å². The van der Waals surface area contributed by atoms with E-state index in [-0.39, 0.29) is 0 Å². The number of hydrogen-bond donors (Lipinski definition) is 3. The molecule has 0 radical (unpaired) electrons. The zero-order chi connectivity index (χ0) is 33.3. The summed E-state index contributed by atoms with van der Waals surface area (Å²) in [7, 11) is 3.27. The van der Waals surface area contributed by atoms with E-state index in [0.29, 0.717) is 34.0 Å². The number of imidazole rings is 2. The van der Waals surface area contributed by atoms with E-state index in [1.807, 2.05) is 67.0 Å². The highest BCUT2D eigenvalue weighted by atomic mass is 35.5. The fraction of sp³-hybridized carbons (Fsp3) is 0.243. The van der Waals surface area contributed by atoms with Crippen molar-refractivity contribution < 1.29 is 9.47 Å². The second-order valence-electron chi connectivity index (χ2n) is 11.3. The van der Waals surface area contributed by atoms with E-state index < -0.39 is 0 Å². The van der Waals surface area contributed by atoms with Crippen LogP contribution in [0, 0.1) is 0 Å². The Bertz CT molecular complexity index is 1810. The third-order valence-electron chi connectivity index (χ3n) is 8.18. The van der Waals surface area contributed by atoms with Gasteiger partial charge in [0.15, 0.2) is 0 Å². The number of hydrogen-bond acceptors (Lipinski definition) is 7. The average Bonchev–Trinajstić information content (AvgIpc) is 3.84. The van der Waals surface area contributed by atoms with Crippen molar-refractivity contribution >= 4 is 23.2 Å². The highest BCUT2D eigenvalue weighted by Crippen LogP contribution is 2.42. The molecule has 6 aromatic rings. The summed E-state index contributed by atoms with van der Waals surface area (Å²) in [6, 6.07) is 19.8. The van der Waals surface area contributed by atoms with E-state index in [2.05, 4.69) is 31.3 Å². The van der Waals surface area contributed by atoms with Gasteiger partial charge in [0.25, 0.3) is 0 Å². The summed E-state index contributed by atoms with van der Waals surface area (Å²) in [6.07, 6.45) is 11.8. The summed E-state index contributed by atoms with van der Waals surface area (Å²) in [5.74, 6) is 3.09. The lowest BCUT2D eigenvalue weighted by Gasteiger charge is -2.15. The fourth-order valence-corrected chi connectivity index (χ4v) is 6.35. The van der Waals surface area contributed by atoms with Gasteiger partial charge in [0, 0.05) is 84.1 Å². The molecule has 6 rings (SSSR count). The van der Waals surface area contributed by atoms with Crippen molar-refractivity contribution in [3.05, 3.63) is 118 Å². The quantitative estimate of drug-likeness (QED) is 0.0938. The van der Waals surface area contributed by atoms with E-state index >= 15 is 0 Å². The molecule has 0 aliphatic carbocycles. The van der Waals surface area contributed by atoms with Crippen molar-refractivity contribution in [3.63, 3.8) is 0 Å². The zero-order valence-electron chi connectivity index (χ0n) is 26.9. The zero-order valence-corrected chi connectivity index (χ0v) is 28.4. The molecule has 48 heavy (non-hydrogen) atoms. The lowest BCUT2D eigenvalue weighted by Crippen LogP contribution is -2.18. The minimum atomic E-state index is 0.542. The Kier molecular flexibility index (Phi) is 11.0. The van der Waals surface area contributed by atoms with Gasteiger partial charge >= 0.3 is 0 Å². The number of ether oxygens (including phenoxy) is 2. The van der Waals surface area contributed by atoms with Crippen LogP contribution in [0.25, 0.3) is 33.6 Å². The van der Waals surface area contributed by atoms with Crippen LogP contribution in [-0.4, -0.2) is 50.7 Å². The molecule has 11 heteroatoms. The summed E-state index contributed by atoms with van der Waals surface area (Å²) in [5, 5.41) is 4.53. The summed E-state index contributed by atoms with van der Waals surface area (Å²) in [5.41, 5.74) is 6.61. The molecule has 4 heterocycles. The Morgan fingerprint density at radius 2 is 1.15 bits per heavy atom. The van der Waals surface area contributed by atoms with E-state index in [0.717, 1.165) is 89.4 Å². The Labute approximate surface area is 290 Å². The number of benzene rings is 2. The molecule has 0 aliphatic heterocycles.